The van der Waals surface area contributed by atoms with E-state index in [-0.39, 0.29) is 48.2 Å². The van der Waals surface area contributed by atoms with Gasteiger partial charge >= 0.3 is 0 Å². The van der Waals surface area contributed by atoms with Crippen LogP contribution in [0.2, 0.25) is 0 Å². The van der Waals surface area contributed by atoms with E-state index in [1.165, 1.54) is 49.8 Å². The van der Waals surface area contributed by atoms with Crippen LogP contribution in [-0.4, -0.2) is 67.6 Å². The van der Waals surface area contributed by atoms with Crippen molar-refractivity contribution in [3.63, 3.8) is 0 Å². The molecule has 0 bridgehead atoms. The SMILES string of the molecule is COC1CCC(CC[NH+]2C(N)C(C(=O)N[C@H](C)C3CCCCC3)CC3C(=O)N4CCCCC4NC32)CC1. The third-order valence-electron chi connectivity index (χ3n) is 10.7. The lowest BCUT2D eigenvalue weighted by Crippen LogP contribution is -3.26. The first kappa shape index (κ1) is 27.4. The summed E-state index contributed by atoms with van der Waals surface area (Å²) in [6.45, 7) is 3.91. The van der Waals surface area contributed by atoms with Gasteiger partial charge in [0.15, 0.2) is 12.3 Å². The third-order valence-corrected chi connectivity index (χ3v) is 10.7. The van der Waals surface area contributed by atoms with Crippen molar-refractivity contribution in [2.45, 2.75) is 127 Å². The van der Waals surface area contributed by atoms with Gasteiger partial charge in [0.2, 0.25) is 11.8 Å². The normalized spacial score (nSPS) is 40.0. The minimum atomic E-state index is -0.321. The molecule has 8 nitrogen and oxygen atoms in total. The summed E-state index contributed by atoms with van der Waals surface area (Å²) < 4.78 is 5.58. The van der Waals surface area contributed by atoms with Crippen molar-refractivity contribution in [3.8, 4) is 0 Å². The summed E-state index contributed by atoms with van der Waals surface area (Å²) in [7, 11) is 1.82. The summed E-state index contributed by atoms with van der Waals surface area (Å²) in [6.07, 6.45) is 16.0. The first-order chi connectivity index (χ1) is 18.0. The minimum Gasteiger partial charge on any atom is -0.381 e. The lowest BCUT2D eigenvalue weighted by molar-refractivity contribution is -0.965. The quantitative estimate of drug-likeness (QED) is 0.411. The molecule has 5 aliphatic rings. The molecule has 2 saturated carbocycles. The van der Waals surface area contributed by atoms with Crippen molar-refractivity contribution in [1.82, 2.24) is 15.5 Å². The standard InChI is InChI=1S/C29H51N5O3/c1-19(21-8-4-3-5-9-21)31-28(35)23-18-24-27(32-25-10-6-7-16-33(25)29(24)36)34(26(23)30)17-15-20-11-13-22(37-2)14-12-20/h19-27,32H,3-18,30H2,1-2H3,(H,31,35)/p+1/t19-,20?,22?,23?,24?,25?,26?,27?/m1/s1. The number of nitrogens with one attached hydrogen (secondary N) is 3. The lowest BCUT2D eigenvalue weighted by Gasteiger charge is -2.53. The van der Waals surface area contributed by atoms with E-state index < -0.39 is 0 Å². The Labute approximate surface area is 223 Å². The molecule has 6 unspecified atom stereocenters. The van der Waals surface area contributed by atoms with Gasteiger partial charge in [-0.05, 0) is 89.4 Å². The second-order valence-electron chi connectivity index (χ2n) is 12.8. The highest BCUT2D eigenvalue weighted by molar-refractivity contribution is 5.84. The van der Waals surface area contributed by atoms with Crippen LogP contribution in [0.25, 0.3) is 0 Å². The molecule has 3 saturated heterocycles. The summed E-state index contributed by atoms with van der Waals surface area (Å²) in [5.41, 5.74) is 6.98. The number of likely N-dealkylation sites (tertiary alicyclic amines) is 1. The van der Waals surface area contributed by atoms with E-state index in [1.807, 2.05) is 7.11 Å². The highest BCUT2D eigenvalue weighted by Crippen LogP contribution is 2.32. The van der Waals surface area contributed by atoms with Gasteiger partial charge in [-0.2, -0.15) is 0 Å². The van der Waals surface area contributed by atoms with E-state index >= 15 is 0 Å². The van der Waals surface area contributed by atoms with Crippen molar-refractivity contribution in [3.05, 3.63) is 0 Å². The predicted molar refractivity (Wildman–Crippen MR) is 143 cm³/mol. The van der Waals surface area contributed by atoms with E-state index in [0.717, 1.165) is 51.6 Å². The molecule has 7 atom stereocenters. The van der Waals surface area contributed by atoms with Gasteiger partial charge in [-0.3, -0.25) is 15.3 Å². The Morgan fingerprint density at radius 1 is 1.11 bits per heavy atom. The molecule has 5 N–H and O–H groups in total. The molecule has 5 rings (SSSR count). The van der Waals surface area contributed by atoms with Gasteiger partial charge in [0.25, 0.3) is 0 Å². The largest absolute Gasteiger partial charge is 0.381 e. The smallest absolute Gasteiger partial charge is 0.234 e. The lowest BCUT2D eigenvalue weighted by atomic mass is 9.79. The van der Waals surface area contributed by atoms with Crippen LogP contribution >= 0.6 is 0 Å². The molecule has 0 aromatic rings. The molecule has 2 amide bonds. The molecule has 0 aromatic heterocycles. The molecule has 210 valence electrons. The van der Waals surface area contributed by atoms with Crippen LogP contribution in [0.3, 0.4) is 0 Å². The predicted octanol–water partition coefficient (Wildman–Crippen LogP) is 1.74. The van der Waals surface area contributed by atoms with Gasteiger partial charge in [0.1, 0.15) is 11.8 Å². The molecule has 0 radical (unpaired) electrons. The van der Waals surface area contributed by atoms with Crippen molar-refractivity contribution in [1.29, 1.82) is 0 Å². The molecule has 37 heavy (non-hydrogen) atoms. The van der Waals surface area contributed by atoms with Gasteiger partial charge in [-0.15, -0.1) is 0 Å². The second-order valence-corrected chi connectivity index (χ2v) is 12.8. The summed E-state index contributed by atoms with van der Waals surface area (Å²) in [4.78, 5) is 30.7. The van der Waals surface area contributed by atoms with Crippen LogP contribution in [0.1, 0.15) is 96.8 Å². The number of nitrogens with zero attached hydrogens (tertiary/aromatic N) is 1. The monoisotopic (exact) mass is 518 g/mol. The molecule has 0 spiro atoms. The van der Waals surface area contributed by atoms with Crippen LogP contribution in [-0.2, 0) is 14.3 Å². The fourth-order valence-electron chi connectivity index (χ4n) is 8.24. The van der Waals surface area contributed by atoms with Gasteiger partial charge in [-0.25, -0.2) is 5.32 Å². The number of nitrogens with two attached hydrogens (primary N) is 1. The Bertz CT molecular complexity index is 782. The average molecular weight is 519 g/mol. The van der Waals surface area contributed by atoms with Crippen molar-refractivity contribution >= 4 is 11.8 Å². The number of carbonyl (C=O) groups is 2. The van der Waals surface area contributed by atoms with Crippen LogP contribution in [0.4, 0.5) is 0 Å². The molecular weight excluding hydrogens is 466 g/mol. The molecule has 5 fully saturated rings. The van der Waals surface area contributed by atoms with Crippen LogP contribution in [0.5, 0.6) is 0 Å². The highest BCUT2D eigenvalue weighted by atomic mass is 16.5. The third kappa shape index (κ3) is 6.02. The number of ether oxygens (including phenoxy) is 1. The Hall–Kier alpha value is -1.22. The van der Waals surface area contributed by atoms with E-state index in [0.29, 0.717) is 24.4 Å². The van der Waals surface area contributed by atoms with E-state index in [9.17, 15) is 9.59 Å². The topological polar surface area (TPSA) is 101 Å². The number of rotatable bonds is 7. The zero-order chi connectivity index (χ0) is 25.9. The minimum absolute atomic E-state index is 0.0111. The van der Waals surface area contributed by atoms with E-state index in [4.69, 9.17) is 10.5 Å². The molecule has 3 heterocycles. The Kier molecular flexibility index (Phi) is 9.10. The molecular formula is C29H52N5O3+. The Morgan fingerprint density at radius 2 is 1.84 bits per heavy atom. The van der Waals surface area contributed by atoms with Gasteiger partial charge in [0, 0.05) is 19.7 Å². The van der Waals surface area contributed by atoms with Crippen molar-refractivity contribution in [2.75, 3.05) is 20.2 Å². The number of fused-ring (bicyclic) bond motifs is 2. The summed E-state index contributed by atoms with van der Waals surface area (Å²) in [5, 5.41) is 7.22. The summed E-state index contributed by atoms with van der Waals surface area (Å²) in [5.74, 6) is 1.05. The fraction of sp³-hybridized carbons (Fsp3) is 0.931. The zero-order valence-electron chi connectivity index (χ0n) is 23.3. The number of methoxy groups -OCH3 is 1. The number of hydrogen-bond acceptors (Lipinski definition) is 5. The van der Waals surface area contributed by atoms with Crippen LogP contribution in [0, 0.1) is 23.7 Å². The molecule has 0 aromatic carbocycles. The molecule has 3 aliphatic heterocycles. The van der Waals surface area contributed by atoms with E-state index in [1.54, 1.807) is 0 Å². The molecule has 2 aliphatic carbocycles. The van der Waals surface area contributed by atoms with Crippen LogP contribution in [0.15, 0.2) is 0 Å². The number of amides is 2. The Balaban J connectivity index is 1.29. The number of quaternary nitrogens is 1. The van der Waals surface area contributed by atoms with Crippen LogP contribution < -0.4 is 21.3 Å². The maximum atomic E-state index is 13.7. The first-order valence-electron chi connectivity index (χ1n) is 15.5. The van der Waals surface area contributed by atoms with Gasteiger partial charge < -0.3 is 19.9 Å². The summed E-state index contributed by atoms with van der Waals surface area (Å²) in [6, 6.07) is 0.170. The molecule has 8 heteroatoms. The van der Waals surface area contributed by atoms with E-state index in [2.05, 4.69) is 22.5 Å². The number of piperidine rings is 2. The van der Waals surface area contributed by atoms with Crippen molar-refractivity contribution < 1.29 is 19.2 Å². The van der Waals surface area contributed by atoms with Crippen molar-refractivity contribution in [2.24, 2.45) is 29.4 Å². The zero-order valence-corrected chi connectivity index (χ0v) is 23.3. The Morgan fingerprint density at radius 3 is 2.57 bits per heavy atom. The first-order valence-corrected chi connectivity index (χ1v) is 15.5. The fourth-order valence-corrected chi connectivity index (χ4v) is 8.24. The highest BCUT2D eigenvalue weighted by Gasteiger charge is 2.55. The number of carbonyl (C=O) groups excluding carboxylic acids is 2. The average Bonchev–Trinajstić information content (AvgIpc) is 2.93. The summed E-state index contributed by atoms with van der Waals surface area (Å²) >= 11 is 0. The number of hydrogen-bond donors (Lipinski definition) is 4. The van der Waals surface area contributed by atoms with Gasteiger partial charge in [0.05, 0.1) is 18.8 Å². The maximum Gasteiger partial charge on any atom is 0.234 e. The van der Waals surface area contributed by atoms with Gasteiger partial charge in [-0.1, -0.05) is 19.3 Å². The maximum absolute atomic E-state index is 13.7. The second kappa shape index (κ2) is 12.3.